The van der Waals surface area contributed by atoms with E-state index >= 15 is 0 Å². The summed E-state index contributed by atoms with van der Waals surface area (Å²) in [6.07, 6.45) is 3.08. The summed E-state index contributed by atoms with van der Waals surface area (Å²) < 4.78 is 38.1. The summed E-state index contributed by atoms with van der Waals surface area (Å²) >= 11 is 0. The highest BCUT2D eigenvalue weighted by atomic mass is 32.2. The maximum Gasteiger partial charge on any atom is 0.257 e. The molecule has 0 saturated carbocycles. The van der Waals surface area contributed by atoms with E-state index in [0.717, 1.165) is 52.1 Å². The molecule has 0 unspecified atom stereocenters. The van der Waals surface area contributed by atoms with Crippen molar-refractivity contribution in [3.63, 3.8) is 0 Å². The van der Waals surface area contributed by atoms with Crippen LogP contribution < -0.4 is 4.74 Å². The number of piperidine rings is 1. The molecule has 9 heteroatoms. The number of rotatable bonds is 9. The van der Waals surface area contributed by atoms with E-state index in [1.807, 2.05) is 4.90 Å². The van der Waals surface area contributed by atoms with E-state index in [9.17, 15) is 13.2 Å². The molecule has 2 saturated heterocycles. The molecule has 0 N–H and O–H groups in total. The summed E-state index contributed by atoms with van der Waals surface area (Å²) in [7, 11) is -2.14. The lowest BCUT2D eigenvalue weighted by atomic mass is 9.93. The first-order valence-electron chi connectivity index (χ1n) is 11.7. The lowest BCUT2D eigenvalue weighted by molar-refractivity contribution is 0.0332. The molecule has 3 rings (SSSR count). The van der Waals surface area contributed by atoms with Crippen LogP contribution >= 0.6 is 0 Å². The second kappa shape index (κ2) is 11.4. The smallest absolute Gasteiger partial charge is 0.257 e. The van der Waals surface area contributed by atoms with Crippen LogP contribution in [0.15, 0.2) is 23.1 Å². The molecular formula is C23H37N3O5S. The number of carbonyl (C=O) groups excluding carboxylic acids is 1. The summed E-state index contributed by atoms with van der Waals surface area (Å²) in [5.74, 6) is 0.853. The van der Waals surface area contributed by atoms with Crippen LogP contribution in [0.4, 0.5) is 0 Å². The normalized spacial score (nSPS) is 18.8. The Labute approximate surface area is 192 Å². The molecule has 0 bridgehead atoms. The predicted molar refractivity (Wildman–Crippen MR) is 124 cm³/mol. The minimum atomic E-state index is -3.65. The van der Waals surface area contributed by atoms with Gasteiger partial charge in [0.05, 0.1) is 30.8 Å². The van der Waals surface area contributed by atoms with Gasteiger partial charge in [0.1, 0.15) is 5.75 Å². The van der Waals surface area contributed by atoms with Gasteiger partial charge in [-0.25, -0.2) is 8.42 Å². The molecule has 2 aliphatic heterocycles. The largest absolute Gasteiger partial charge is 0.496 e. The Morgan fingerprint density at radius 1 is 1.12 bits per heavy atom. The number of sulfonamides is 1. The minimum Gasteiger partial charge on any atom is -0.496 e. The van der Waals surface area contributed by atoms with Gasteiger partial charge in [-0.2, -0.15) is 4.31 Å². The van der Waals surface area contributed by atoms with Crippen molar-refractivity contribution in [2.45, 2.75) is 38.0 Å². The number of methoxy groups -OCH3 is 1. The molecule has 2 aliphatic rings. The quantitative estimate of drug-likeness (QED) is 0.555. The number of nitrogens with zero attached hydrogens (tertiary/aromatic N) is 3. The second-order valence-corrected chi connectivity index (χ2v) is 10.4. The molecule has 1 aromatic carbocycles. The first kappa shape index (κ1) is 25.0. The van der Waals surface area contributed by atoms with E-state index in [1.54, 1.807) is 19.9 Å². The monoisotopic (exact) mass is 467 g/mol. The summed E-state index contributed by atoms with van der Waals surface area (Å²) in [5, 5.41) is 0. The van der Waals surface area contributed by atoms with E-state index in [4.69, 9.17) is 9.47 Å². The summed E-state index contributed by atoms with van der Waals surface area (Å²) in [6, 6.07) is 4.57. The highest BCUT2D eigenvalue weighted by Gasteiger charge is 2.29. The van der Waals surface area contributed by atoms with Crippen molar-refractivity contribution >= 4 is 15.9 Å². The van der Waals surface area contributed by atoms with Crippen LogP contribution in [0.3, 0.4) is 0 Å². The van der Waals surface area contributed by atoms with E-state index in [1.165, 1.54) is 23.5 Å². The maximum absolute atomic E-state index is 13.3. The second-order valence-electron chi connectivity index (χ2n) is 8.43. The number of hydrogen-bond donors (Lipinski definition) is 0. The molecule has 1 amide bonds. The van der Waals surface area contributed by atoms with Crippen molar-refractivity contribution < 1.29 is 22.7 Å². The lowest BCUT2D eigenvalue weighted by Gasteiger charge is -2.34. The van der Waals surface area contributed by atoms with E-state index in [-0.39, 0.29) is 10.8 Å². The lowest BCUT2D eigenvalue weighted by Crippen LogP contribution is -2.41. The van der Waals surface area contributed by atoms with Crippen molar-refractivity contribution in [2.24, 2.45) is 5.92 Å². The molecule has 0 aromatic heterocycles. The maximum atomic E-state index is 13.3. The number of carbonyl (C=O) groups is 1. The van der Waals surface area contributed by atoms with Crippen LogP contribution in [0, 0.1) is 5.92 Å². The predicted octanol–water partition coefficient (Wildman–Crippen LogP) is 2.30. The van der Waals surface area contributed by atoms with Gasteiger partial charge in [-0.05, 0) is 49.9 Å². The topological polar surface area (TPSA) is 79.4 Å². The zero-order valence-electron chi connectivity index (χ0n) is 19.6. The fraction of sp³-hybridized carbons (Fsp3) is 0.696. The van der Waals surface area contributed by atoms with Gasteiger partial charge in [-0.1, -0.05) is 13.8 Å². The molecule has 2 fully saturated rings. The molecular weight excluding hydrogens is 430 g/mol. The third-order valence-electron chi connectivity index (χ3n) is 6.60. The Morgan fingerprint density at radius 2 is 1.78 bits per heavy atom. The van der Waals surface area contributed by atoms with Crippen LogP contribution in [0.25, 0.3) is 0 Å². The Kier molecular flexibility index (Phi) is 8.93. The third kappa shape index (κ3) is 5.81. The Balaban J connectivity index is 1.65. The van der Waals surface area contributed by atoms with E-state index in [0.29, 0.717) is 43.4 Å². The van der Waals surface area contributed by atoms with Crippen LogP contribution in [-0.2, 0) is 14.8 Å². The van der Waals surface area contributed by atoms with Gasteiger partial charge in [0.15, 0.2) is 0 Å². The molecule has 0 radical (unpaired) electrons. The van der Waals surface area contributed by atoms with Crippen LogP contribution in [0.2, 0.25) is 0 Å². The molecule has 1 aromatic rings. The number of likely N-dealkylation sites (tertiary alicyclic amines) is 1. The zero-order chi connectivity index (χ0) is 23.1. The van der Waals surface area contributed by atoms with E-state index < -0.39 is 10.0 Å². The van der Waals surface area contributed by atoms with Gasteiger partial charge in [0.25, 0.3) is 5.91 Å². The van der Waals surface area contributed by atoms with Crippen molar-refractivity contribution in [1.29, 1.82) is 0 Å². The minimum absolute atomic E-state index is 0.130. The molecule has 180 valence electrons. The van der Waals surface area contributed by atoms with Gasteiger partial charge in [0.2, 0.25) is 10.0 Å². The van der Waals surface area contributed by atoms with Crippen LogP contribution in [0.5, 0.6) is 5.75 Å². The van der Waals surface area contributed by atoms with Crippen molar-refractivity contribution in [3.05, 3.63) is 23.8 Å². The zero-order valence-corrected chi connectivity index (χ0v) is 20.4. The number of benzene rings is 1. The highest BCUT2D eigenvalue weighted by Crippen LogP contribution is 2.28. The Hall–Kier alpha value is -1.68. The third-order valence-corrected chi connectivity index (χ3v) is 8.65. The molecule has 0 spiro atoms. The number of ether oxygens (including phenoxy) is 2. The highest BCUT2D eigenvalue weighted by molar-refractivity contribution is 7.89. The summed E-state index contributed by atoms with van der Waals surface area (Å²) in [6.45, 7) is 10.5. The first-order valence-corrected chi connectivity index (χ1v) is 13.1. The fourth-order valence-electron chi connectivity index (χ4n) is 4.51. The van der Waals surface area contributed by atoms with Gasteiger partial charge in [-0.15, -0.1) is 0 Å². The van der Waals surface area contributed by atoms with Gasteiger partial charge in [0, 0.05) is 39.3 Å². The number of amides is 1. The van der Waals surface area contributed by atoms with Crippen molar-refractivity contribution in [2.75, 3.05) is 66.1 Å². The van der Waals surface area contributed by atoms with Gasteiger partial charge >= 0.3 is 0 Å². The van der Waals surface area contributed by atoms with Crippen LogP contribution in [-0.4, -0.2) is 94.6 Å². The average molecular weight is 468 g/mol. The summed E-state index contributed by atoms with van der Waals surface area (Å²) in [5.41, 5.74) is 0.312. The van der Waals surface area contributed by atoms with Gasteiger partial charge < -0.3 is 14.4 Å². The molecule has 2 heterocycles. The average Bonchev–Trinajstić information content (AvgIpc) is 2.83. The van der Waals surface area contributed by atoms with Crippen LogP contribution in [0.1, 0.15) is 43.5 Å². The molecule has 8 nitrogen and oxygen atoms in total. The van der Waals surface area contributed by atoms with Crippen molar-refractivity contribution in [1.82, 2.24) is 14.1 Å². The molecule has 0 atom stereocenters. The Bertz CT molecular complexity index is 858. The van der Waals surface area contributed by atoms with Gasteiger partial charge in [-0.3, -0.25) is 9.69 Å². The SMILES string of the molecule is CCN(CC)S(=O)(=O)c1ccc(OC)c(C(=O)N2CCC(CCN3CCOCC3)CC2)c1. The van der Waals surface area contributed by atoms with Crippen molar-refractivity contribution in [3.8, 4) is 5.75 Å². The van der Waals surface area contributed by atoms with E-state index in [2.05, 4.69) is 4.90 Å². The standard InChI is InChI=1S/C23H37N3O5S/c1-4-26(5-2)32(28,29)20-6-7-22(30-3)21(18-20)23(27)25-12-9-19(10-13-25)8-11-24-14-16-31-17-15-24/h6-7,18-19H,4-5,8-17H2,1-3H3. The fourth-order valence-corrected chi connectivity index (χ4v) is 6.00. The Morgan fingerprint density at radius 3 is 2.38 bits per heavy atom. The molecule has 32 heavy (non-hydrogen) atoms. The molecule has 0 aliphatic carbocycles. The summed E-state index contributed by atoms with van der Waals surface area (Å²) in [4.78, 5) is 17.7. The first-order chi connectivity index (χ1) is 15.4. The number of morpholine rings is 1. The number of hydrogen-bond acceptors (Lipinski definition) is 6.